The predicted molar refractivity (Wildman–Crippen MR) is 144 cm³/mol. The zero-order chi connectivity index (χ0) is 25.1. The summed E-state index contributed by atoms with van der Waals surface area (Å²) in [6.45, 7) is 0.959. The van der Waals surface area contributed by atoms with Crippen LogP contribution < -0.4 is 11.2 Å². The fraction of sp³-hybridized carbons (Fsp3) is 0.308. The van der Waals surface area contributed by atoms with Gasteiger partial charge < -0.3 is 4.57 Å². The molecule has 0 radical (unpaired) electrons. The molecule has 36 heavy (non-hydrogen) atoms. The van der Waals surface area contributed by atoms with Crippen molar-refractivity contribution in [3.8, 4) is 11.4 Å². The lowest BCUT2D eigenvalue weighted by Crippen LogP contribution is -2.38. The molecule has 5 aromatic rings. The van der Waals surface area contributed by atoms with Crippen LogP contribution in [0, 0.1) is 5.92 Å². The number of fused-ring (bicyclic) bond motifs is 2. The summed E-state index contributed by atoms with van der Waals surface area (Å²) in [5.74, 6) is 0.446. The number of hydrogen-bond donors (Lipinski definition) is 0. The lowest BCUT2D eigenvalue weighted by atomic mass is 10.1. The fourth-order valence-electron chi connectivity index (χ4n) is 4.82. The van der Waals surface area contributed by atoms with E-state index in [9.17, 15) is 9.59 Å². The molecule has 0 aliphatic heterocycles. The van der Waals surface area contributed by atoms with E-state index in [0.717, 1.165) is 39.9 Å². The lowest BCUT2D eigenvalue weighted by molar-refractivity contribution is 0.572. The molecule has 0 saturated heterocycles. The maximum atomic E-state index is 13.6. The predicted octanol–water partition coefficient (Wildman–Crippen LogP) is 4.28. The summed E-state index contributed by atoms with van der Waals surface area (Å²) >= 11 is 7.95. The number of rotatable bonds is 6. The van der Waals surface area contributed by atoms with Gasteiger partial charge in [0.1, 0.15) is 11.1 Å². The van der Waals surface area contributed by atoms with Crippen molar-refractivity contribution in [1.82, 2.24) is 28.5 Å². The summed E-state index contributed by atoms with van der Waals surface area (Å²) < 4.78 is 6.74. The van der Waals surface area contributed by atoms with E-state index < -0.39 is 0 Å². The second-order valence-corrected chi connectivity index (χ2v) is 10.7. The summed E-state index contributed by atoms with van der Waals surface area (Å²) in [4.78, 5) is 32.3. The van der Waals surface area contributed by atoms with Crippen LogP contribution in [-0.2, 0) is 27.2 Å². The van der Waals surface area contributed by atoms with Crippen LogP contribution >= 0.6 is 23.4 Å². The van der Waals surface area contributed by atoms with Crippen molar-refractivity contribution in [3.63, 3.8) is 0 Å². The number of nitrogens with zero attached hydrogens (tertiary/aromatic N) is 6. The third-order valence-corrected chi connectivity index (χ3v) is 7.87. The first-order valence-corrected chi connectivity index (χ1v) is 13.4. The van der Waals surface area contributed by atoms with Gasteiger partial charge in [-0.15, -0.1) is 11.8 Å². The van der Waals surface area contributed by atoms with Gasteiger partial charge in [0.2, 0.25) is 0 Å². The van der Waals surface area contributed by atoms with E-state index in [1.165, 1.54) is 4.57 Å². The van der Waals surface area contributed by atoms with Crippen LogP contribution in [0.25, 0.3) is 33.3 Å². The fourth-order valence-corrected chi connectivity index (χ4v) is 5.48. The molecule has 1 aromatic carbocycles. The van der Waals surface area contributed by atoms with Crippen LogP contribution in [-0.4, -0.2) is 34.7 Å². The molecule has 0 spiro atoms. The minimum absolute atomic E-state index is 0.326. The number of aryl methyl sites for hydroxylation is 1. The quantitative estimate of drug-likeness (QED) is 0.312. The molecule has 4 heterocycles. The molecule has 6 rings (SSSR count). The van der Waals surface area contributed by atoms with E-state index >= 15 is 0 Å². The van der Waals surface area contributed by atoms with Crippen molar-refractivity contribution in [2.75, 3.05) is 6.26 Å². The van der Waals surface area contributed by atoms with Gasteiger partial charge in [-0.25, -0.2) is 4.79 Å². The third kappa shape index (κ3) is 3.77. The number of halogens is 1. The smallest absolute Gasteiger partial charge is 0.332 e. The molecular formula is C26H25ClN6O2S. The molecule has 0 bridgehead atoms. The first-order chi connectivity index (χ1) is 17.4. The van der Waals surface area contributed by atoms with Gasteiger partial charge in [0.15, 0.2) is 5.65 Å². The highest BCUT2D eigenvalue weighted by atomic mass is 35.5. The second kappa shape index (κ2) is 8.67. The Morgan fingerprint density at radius 1 is 1.14 bits per heavy atom. The van der Waals surface area contributed by atoms with Crippen molar-refractivity contribution in [2.45, 2.75) is 30.8 Å². The topological polar surface area (TPSA) is 79.6 Å². The summed E-state index contributed by atoms with van der Waals surface area (Å²) in [5, 5.41) is 6.94. The van der Waals surface area contributed by atoms with Crippen LogP contribution in [0.5, 0.6) is 0 Å². The summed E-state index contributed by atoms with van der Waals surface area (Å²) in [6.07, 6.45) is 8.00. The van der Waals surface area contributed by atoms with E-state index in [-0.39, 0.29) is 11.2 Å². The maximum absolute atomic E-state index is 13.6. The number of aromatic nitrogens is 6. The molecule has 0 amide bonds. The molecule has 1 saturated carbocycles. The molecule has 1 fully saturated rings. The number of thioether (sulfide) groups is 1. The van der Waals surface area contributed by atoms with Gasteiger partial charge in [-0.2, -0.15) is 5.10 Å². The first-order valence-electron chi connectivity index (χ1n) is 11.8. The zero-order valence-electron chi connectivity index (χ0n) is 20.2. The molecule has 184 valence electrons. The van der Waals surface area contributed by atoms with Crippen LogP contribution in [0.1, 0.15) is 18.4 Å². The highest BCUT2D eigenvalue weighted by Crippen LogP contribution is 2.34. The van der Waals surface area contributed by atoms with Gasteiger partial charge in [0.05, 0.1) is 17.8 Å². The normalized spacial score (nSPS) is 13.8. The number of hydrogen-bond acceptors (Lipinski definition) is 5. The number of benzene rings is 1. The Bertz CT molecular complexity index is 1780. The van der Waals surface area contributed by atoms with Crippen molar-refractivity contribution in [2.24, 2.45) is 20.0 Å². The Balaban J connectivity index is 1.66. The van der Waals surface area contributed by atoms with Gasteiger partial charge in [0, 0.05) is 48.3 Å². The van der Waals surface area contributed by atoms with Crippen molar-refractivity contribution in [3.05, 3.63) is 74.1 Å². The van der Waals surface area contributed by atoms with E-state index in [4.69, 9.17) is 16.7 Å². The molecule has 0 unspecified atom stereocenters. The summed E-state index contributed by atoms with van der Waals surface area (Å²) in [5.41, 5.74) is 3.15. The lowest BCUT2D eigenvalue weighted by Gasteiger charge is -2.11. The minimum Gasteiger partial charge on any atom is -0.348 e. The minimum atomic E-state index is -0.335. The van der Waals surface area contributed by atoms with Gasteiger partial charge in [-0.3, -0.25) is 23.6 Å². The Morgan fingerprint density at radius 2 is 1.94 bits per heavy atom. The highest BCUT2D eigenvalue weighted by molar-refractivity contribution is 7.98. The average Bonchev–Trinajstić information content (AvgIpc) is 3.51. The van der Waals surface area contributed by atoms with Crippen molar-refractivity contribution in [1.29, 1.82) is 0 Å². The van der Waals surface area contributed by atoms with Crippen LogP contribution in [0.15, 0.2) is 57.2 Å². The first kappa shape index (κ1) is 23.1. The van der Waals surface area contributed by atoms with Crippen LogP contribution in [0.4, 0.5) is 0 Å². The number of pyridine rings is 1. The van der Waals surface area contributed by atoms with E-state index in [1.54, 1.807) is 29.6 Å². The van der Waals surface area contributed by atoms with E-state index in [0.29, 0.717) is 40.8 Å². The molecular weight excluding hydrogens is 496 g/mol. The Hall–Kier alpha value is -3.30. The zero-order valence-corrected chi connectivity index (χ0v) is 21.8. The second-order valence-electron chi connectivity index (χ2n) is 9.41. The molecule has 1 aliphatic carbocycles. The van der Waals surface area contributed by atoms with Gasteiger partial charge in [-0.05, 0) is 60.9 Å². The standard InChI is InChI=1S/C26H25ClN6O2S/c1-30-14-18(36-3)11-21(30)23-22-24(32(12-15-4-5-15)26(35)31(2)25(22)34)29-33(23)13-16-8-9-28-20-7-6-17(27)10-19(16)20/h6-11,14-15H,4-5,12-13H2,1-3H3. The van der Waals surface area contributed by atoms with Crippen molar-refractivity contribution >= 4 is 45.3 Å². The summed E-state index contributed by atoms with van der Waals surface area (Å²) in [6, 6.07) is 9.63. The van der Waals surface area contributed by atoms with Crippen molar-refractivity contribution < 1.29 is 0 Å². The Labute approximate surface area is 216 Å². The average molecular weight is 521 g/mol. The molecule has 0 atom stereocenters. The molecule has 0 N–H and O–H groups in total. The van der Waals surface area contributed by atoms with Gasteiger partial charge in [0.25, 0.3) is 5.56 Å². The molecule has 4 aromatic heterocycles. The van der Waals surface area contributed by atoms with E-state index in [2.05, 4.69) is 11.1 Å². The van der Waals surface area contributed by atoms with Crippen LogP contribution in [0.3, 0.4) is 0 Å². The molecule has 1 aliphatic rings. The van der Waals surface area contributed by atoms with Crippen LogP contribution in [0.2, 0.25) is 5.02 Å². The van der Waals surface area contributed by atoms with Gasteiger partial charge >= 0.3 is 5.69 Å². The van der Waals surface area contributed by atoms with Gasteiger partial charge in [-0.1, -0.05) is 11.6 Å². The summed E-state index contributed by atoms with van der Waals surface area (Å²) in [7, 11) is 3.51. The monoisotopic (exact) mass is 520 g/mol. The molecule has 8 nitrogen and oxygen atoms in total. The van der Waals surface area contributed by atoms with E-state index in [1.807, 2.05) is 53.0 Å². The Kier molecular flexibility index (Phi) is 5.57. The largest absolute Gasteiger partial charge is 0.348 e. The Morgan fingerprint density at radius 3 is 2.67 bits per heavy atom. The highest BCUT2D eigenvalue weighted by Gasteiger charge is 2.28. The SMILES string of the molecule is CSc1cc(-c2c3c(=O)n(C)c(=O)n(CC4CC4)c3nn2Cc2ccnc3ccc(Cl)cc23)n(C)c1. The molecule has 10 heteroatoms. The third-order valence-electron chi connectivity index (χ3n) is 6.94. The maximum Gasteiger partial charge on any atom is 0.332 e.